The maximum absolute atomic E-state index is 13.6. The highest BCUT2D eigenvalue weighted by Gasteiger charge is 2.30. The van der Waals surface area contributed by atoms with Crippen molar-refractivity contribution in [2.45, 2.75) is 38.8 Å². The van der Waals surface area contributed by atoms with Crippen LogP contribution in [0.5, 0.6) is 5.75 Å². The molecule has 5 nitrogen and oxygen atoms in total. The first-order chi connectivity index (χ1) is 17.8. The Labute approximate surface area is 241 Å². The predicted octanol–water partition coefficient (Wildman–Crippen LogP) is 7.34. The zero-order valence-electron chi connectivity index (χ0n) is 20.4. The molecule has 0 bridgehead atoms. The van der Waals surface area contributed by atoms with E-state index in [2.05, 4.69) is 28.2 Å². The largest absolute Gasteiger partial charge is 0.482 e. The van der Waals surface area contributed by atoms with Crippen LogP contribution < -0.4 is 10.1 Å². The van der Waals surface area contributed by atoms with Crippen molar-refractivity contribution in [1.82, 2.24) is 10.2 Å². The Morgan fingerprint density at radius 3 is 2.38 bits per heavy atom. The fraction of sp³-hybridized carbons (Fsp3) is 0.286. The molecule has 0 aromatic heterocycles. The molecule has 2 amide bonds. The van der Waals surface area contributed by atoms with E-state index in [-0.39, 0.29) is 25.0 Å². The minimum absolute atomic E-state index is 0.145. The molecule has 0 aliphatic rings. The maximum atomic E-state index is 13.6. The number of hydrogen-bond acceptors (Lipinski definition) is 3. The Hall–Kier alpha value is -2.25. The summed E-state index contributed by atoms with van der Waals surface area (Å²) in [6.45, 7) is 2.43. The van der Waals surface area contributed by atoms with Gasteiger partial charge in [0.25, 0.3) is 5.91 Å². The van der Waals surface area contributed by atoms with Gasteiger partial charge < -0.3 is 15.0 Å². The van der Waals surface area contributed by atoms with Gasteiger partial charge in [-0.1, -0.05) is 100 Å². The number of ether oxygens (including phenoxy) is 1. The molecular weight excluding hydrogens is 599 g/mol. The van der Waals surface area contributed by atoms with Crippen molar-refractivity contribution in [3.63, 3.8) is 0 Å². The third-order valence-corrected chi connectivity index (χ3v) is 7.21. The van der Waals surface area contributed by atoms with E-state index in [4.69, 9.17) is 39.5 Å². The average Bonchev–Trinajstić information content (AvgIpc) is 2.88. The summed E-state index contributed by atoms with van der Waals surface area (Å²) in [5.41, 5.74) is 1.67. The number of carbonyl (C=O) groups excluding carboxylic acids is 2. The van der Waals surface area contributed by atoms with Crippen molar-refractivity contribution >= 4 is 62.5 Å². The second-order valence-corrected chi connectivity index (χ2v) is 10.6. The summed E-state index contributed by atoms with van der Waals surface area (Å²) in [6.07, 6.45) is 2.12. The zero-order valence-corrected chi connectivity index (χ0v) is 24.2. The Balaban J connectivity index is 1.92. The van der Waals surface area contributed by atoms with Gasteiger partial charge in [-0.2, -0.15) is 0 Å². The molecular formula is C28H28BrCl3N2O3. The van der Waals surface area contributed by atoms with Crippen LogP contribution in [0.25, 0.3) is 0 Å². The predicted molar refractivity (Wildman–Crippen MR) is 154 cm³/mol. The molecule has 1 unspecified atom stereocenters. The van der Waals surface area contributed by atoms with Crippen molar-refractivity contribution in [1.29, 1.82) is 0 Å². The van der Waals surface area contributed by atoms with Gasteiger partial charge in [0.05, 0.1) is 15.1 Å². The summed E-state index contributed by atoms with van der Waals surface area (Å²) < 4.78 is 6.57. The quantitative estimate of drug-likeness (QED) is 0.214. The van der Waals surface area contributed by atoms with Crippen molar-refractivity contribution < 1.29 is 14.3 Å². The van der Waals surface area contributed by atoms with Gasteiger partial charge in [0.15, 0.2) is 6.61 Å². The lowest BCUT2D eigenvalue weighted by atomic mass is 10.0. The Morgan fingerprint density at radius 2 is 1.70 bits per heavy atom. The molecule has 0 aliphatic heterocycles. The minimum Gasteiger partial charge on any atom is -0.482 e. The fourth-order valence-corrected chi connectivity index (χ4v) is 4.76. The van der Waals surface area contributed by atoms with Gasteiger partial charge in [0.1, 0.15) is 11.8 Å². The second kappa shape index (κ2) is 14.6. The van der Waals surface area contributed by atoms with Gasteiger partial charge >= 0.3 is 0 Å². The first-order valence-electron chi connectivity index (χ1n) is 11.9. The molecule has 0 spiro atoms. The third kappa shape index (κ3) is 8.92. The number of carbonyl (C=O) groups is 2. The van der Waals surface area contributed by atoms with E-state index < -0.39 is 6.04 Å². The smallest absolute Gasteiger partial charge is 0.261 e. The molecule has 1 N–H and O–H groups in total. The molecule has 0 saturated heterocycles. The molecule has 9 heteroatoms. The molecule has 3 rings (SSSR count). The van der Waals surface area contributed by atoms with Gasteiger partial charge in [-0.25, -0.2) is 0 Å². The van der Waals surface area contributed by atoms with E-state index in [1.807, 2.05) is 30.3 Å². The Bertz CT molecular complexity index is 1210. The first kappa shape index (κ1) is 29.3. The monoisotopic (exact) mass is 624 g/mol. The zero-order chi connectivity index (χ0) is 26.8. The summed E-state index contributed by atoms with van der Waals surface area (Å²) in [7, 11) is 0. The summed E-state index contributed by atoms with van der Waals surface area (Å²) in [6, 6.07) is 19.1. The molecule has 0 heterocycles. The molecule has 3 aromatic carbocycles. The molecule has 3 aromatic rings. The Kier molecular flexibility index (Phi) is 11.6. The highest BCUT2D eigenvalue weighted by molar-refractivity contribution is 9.10. The number of nitrogens with zero attached hydrogens (tertiary/aromatic N) is 1. The Morgan fingerprint density at radius 1 is 0.946 bits per heavy atom. The summed E-state index contributed by atoms with van der Waals surface area (Å²) in [5, 5.41) is 4.14. The number of benzene rings is 3. The van der Waals surface area contributed by atoms with Crippen LogP contribution in [0.15, 0.2) is 71.2 Å². The number of hydrogen-bond donors (Lipinski definition) is 1. The summed E-state index contributed by atoms with van der Waals surface area (Å²) >= 11 is 22.0. The molecule has 196 valence electrons. The van der Waals surface area contributed by atoms with E-state index in [0.717, 1.165) is 28.4 Å². The van der Waals surface area contributed by atoms with Crippen molar-refractivity contribution in [2.24, 2.45) is 0 Å². The molecule has 0 saturated carbocycles. The van der Waals surface area contributed by atoms with Crippen LogP contribution in [0, 0.1) is 0 Å². The van der Waals surface area contributed by atoms with Crippen LogP contribution in [0.4, 0.5) is 0 Å². The number of amides is 2. The van der Waals surface area contributed by atoms with Crippen molar-refractivity contribution in [2.75, 3.05) is 13.2 Å². The van der Waals surface area contributed by atoms with Gasteiger partial charge in [0.2, 0.25) is 5.91 Å². The molecule has 0 fully saturated rings. The molecule has 37 heavy (non-hydrogen) atoms. The first-order valence-corrected chi connectivity index (χ1v) is 13.8. The number of halogens is 4. The highest BCUT2D eigenvalue weighted by Crippen LogP contribution is 2.28. The topological polar surface area (TPSA) is 58.6 Å². The lowest BCUT2D eigenvalue weighted by Gasteiger charge is -2.31. The lowest BCUT2D eigenvalue weighted by molar-refractivity contribution is -0.142. The van der Waals surface area contributed by atoms with E-state index in [0.29, 0.717) is 33.8 Å². The molecule has 0 radical (unpaired) electrons. The standard InChI is InChI=1S/C28H28BrCl3N2O3/c1-2-3-13-33-28(36)25(15-19-7-5-4-6-8-19)34(17-20-9-11-22(30)23(31)14-20)27(35)18-37-26-12-10-21(29)16-24(26)32/h4-12,14,16,25H,2-3,13,15,17-18H2,1H3,(H,33,36). The second-order valence-electron chi connectivity index (χ2n) is 8.48. The van der Waals surface area contributed by atoms with Crippen LogP contribution in [-0.4, -0.2) is 35.9 Å². The SMILES string of the molecule is CCCCNC(=O)C(Cc1ccccc1)N(Cc1ccc(Cl)c(Cl)c1)C(=O)COc1ccc(Br)cc1Cl. The third-order valence-electron chi connectivity index (χ3n) is 5.68. The van der Waals surface area contributed by atoms with E-state index in [1.54, 1.807) is 36.4 Å². The van der Waals surface area contributed by atoms with Crippen LogP contribution in [0.2, 0.25) is 15.1 Å². The number of nitrogens with one attached hydrogen (secondary N) is 1. The molecule has 0 aliphatic carbocycles. The fourth-order valence-electron chi connectivity index (χ4n) is 3.71. The van der Waals surface area contributed by atoms with Crippen molar-refractivity contribution in [3.05, 3.63) is 97.4 Å². The van der Waals surface area contributed by atoms with Gasteiger partial charge in [0, 0.05) is 24.0 Å². The van der Waals surface area contributed by atoms with Gasteiger partial charge in [-0.3, -0.25) is 9.59 Å². The summed E-state index contributed by atoms with van der Waals surface area (Å²) in [4.78, 5) is 28.6. The van der Waals surface area contributed by atoms with E-state index in [9.17, 15) is 9.59 Å². The van der Waals surface area contributed by atoms with Crippen LogP contribution in [0.1, 0.15) is 30.9 Å². The van der Waals surface area contributed by atoms with E-state index >= 15 is 0 Å². The van der Waals surface area contributed by atoms with Gasteiger partial charge in [-0.15, -0.1) is 0 Å². The lowest BCUT2D eigenvalue weighted by Crippen LogP contribution is -2.51. The van der Waals surface area contributed by atoms with Crippen LogP contribution in [0.3, 0.4) is 0 Å². The van der Waals surface area contributed by atoms with Crippen LogP contribution in [-0.2, 0) is 22.6 Å². The summed E-state index contributed by atoms with van der Waals surface area (Å²) in [5.74, 6) is -0.219. The highest BCUT2D eigenvalue weighted by atomic mass is 79.9. The van der Waals surface area contributed by atoms with E-state index in [1.165, 1.54) is 4.90 Å². The average molecular weight is 627 g/mol. The number of rotatable bonds is 12. The molecule has 1 atom stereocenters. The van der Waals surface area contributed by atoms with Crippen LogP contribution >= 0.6 is 50.7 Å². The van der Waals surface area contributed by atoms with Crippen molar-refractivity contribution in [3.8, 4) is 5.75 Å². The maximum Gasteiger partial charge on any atom is 0.261 e. The number of unbranched alkanes of at least 4 members (excludes halogenated alkanes) is 1. The minimum atomic E-state index is -0.773. The normalized spacial score (nSPS) is 11.6. The van der Waals surface area contributed by atoms with Gasteiger partial charge in [-0.05, 0) is 47.9 Å².